The van der Waals surface area contributed by atoms with Gasteiger partial charge in [0.05, 0.1) is 18.6 Å². The number of rotatable bonds is 3. The Morgan fingerprint density at radius 1 is 1.35 bits per heavy atom. The van der Waals surface area contributed by atoms with E-state index < -0.39 is 18.1 Å². The van der Waals surface area contributed by atoms with Crippen molar-refractivity contribution in [2.24, 2.45) is 0 Å². The highest BCUT2D eigenvalue weighted by atomic mass is 16.5. The van der Waals surface area contributed by atoms with Crippen molar-refractivity contribution in [3.63, 3.8) is 0 Å². The topological polar surface area (TPSA) is 60.8 Å². The Bertz CT molecular complexity index is 416. The number of hydrogen-bond acceptors (Lipinski definition) is 3. The van der Waals surface area contributed by atoms with Crippen LogP contribution in [0, 0.1) is 0 Å². The normalized spacial score (nSPS) is 22.7. The Kier molecular flexibility index (Phi) is 3.56. The number of carbonyl (C=O) groups excluding carboxylic acids is 1. The highest BCUT2D eigenvalue weighted by molar-refractivity contribution is 5.78. The summed E-state index contributed by atoms with van der Waals surface area (Å²) in [4.78, 5) is 11.8. The number of hydroxylamine groups is 2. The Balaban J connectivity index is 1.96. The van der Waals surface area contributed by atoms with Crippen molar-refractivity contribution in [1.29, 1.82) is 0 Å². The maximum absolute atomic E-state index is 11.8. The summed E-state index contributed by atoms with van der Waals surface area (Å²) in [5.41, 5.74) is 0.844. The first kappa shape index (κ1) is 11.8. The Hall–Kier alpha value is -1.65. The Morgan fingerprint density at radius 2 is 2.06 bits per heavy atom. The lowest BCUT2D eigenvalue weighted by Crippen LogP contribution is -2.43. The molecule has 0 unspecified atom stereocenters. The number of nitrogens with zero attached hydrogens (tertiary/aromatic N) is 1. The number of aliphatic hydroxyl groups excluding tert-OH is 1. The highest BCUT2D eigenvalue weighted by Gasteiger charge is 2.29. The molecule has 0 saturated carbocycles. The van der Waals surface area contributed by atoms with E-state index in [4.69, 9.17) is 0 Å². The first-order valence-corrected chi connectivity index (χ1v) is 5.58. The molecule has 1 aromatic rings. The van der Waals surface area contributed by atoms with Crippen LogP contribution < -0.4 is 0 Å². The second-order valence-electron chi connectivity index (χ2n) is 4.12. The second kappa shape index (κ2) is 5.12. The van der Waals surface area contributed by atoms with Gasteiger partial charge in [-0.2, -0.15) is 0 Å². The van der Waals surface area contributed by atoms with Crippen LogP contribution >= 0.6 is 0 Å². The lowest BCUT2D eigenvalue weighted by atomic mass is 10.1. The fourth-order valence-corrected chi connectivity index (χ4v) is 1.91. The summed E-state index contributed by atoms with van der Waals surface area (Å²) >= 11 is 0. The first-order chi connectivity index (χ1) is 8.18. The van der Waals surface area contributed by atoms with Gasteiger partial charge in [-0.1, -0.05) is 42.5 Å². The minimum atomic E-state index is -0.778. The standard InChI is InChI=1S/C13H15NO3/c15-12-8-4-7-11(12)14(17)13(16)9-10-5-2-1-3-6-10/h1-6,8,11-12,15,17H,7,9H2/t11-,12+/m1/s1. The molecule has 4 heteroatoms. The van der Waals surface area contributed by atoms with Gasteiger partial charge < -0.3 is 5.11 Å². The molecule has 17 heavy (non-hydrogen) atoms. The maximum atomic E-state index is 11.8. The van der Waals surface area contributed by atoms with Crippen LogP contribution in [0.4, 0.5) is 0 Å². The lowest BCUT2D eigenvalue weighted by molar-refractivity contribution is -0.180. The van der Waals surface area contributed by atoms with Gasteiger partial charge in [0.1, 0.15) is 0 Å². The van der Waals surface area contributed by atoms with Gasteiger partial charge in [0.25, 0.3) is 5.91 Å². The van der Waals surface area contributed by atoms with Gasteiger partial charge in [0, 0.05) is 0 Å². The fraction of sp³-hybridized carbons (Fsp3) is 0.308. The zero-order valence-electron chi connectivity index (χ0n) is 9.36. The van der Waals surface area contributed by atoms with Gasteiger partial charge in [0.2, 0.25) is 0 Å². The number of amides is 1. The average Bonchev–Trinajstić information content (AvgIpc) is 2.76. The molecule has 0 fully saturated rings. The molecule has 90 valence electrons. The zero-order chi connectivity index (χ0) is 12.3. The van der Waals surface area contributed by atoms with E-state index in [1.54, 1.807) is 12.2 Å². The van der Waals surface area contributed by atoms with Crippen LogP contribution in [0.2, 0.25) is 0 Å². The van der Waals surface area contributed by atoms with Crippen molar-refractivity contribution in [2.75, 3.05) is 0 Å². The molecule has 1 aromatic carbocycles. The molecule has 1 amide bonds. The van der Waals surface area contributed by atoms with Crippen LogP contribution in [-0.4, -0.2) is 33.4 Å². The SMILES string of the molecule is O=C(Cc1ccccc1)N(O)[C@@H]1CC=C[C@@H]1O. The molecule has 0 saturated heterocycles. The summed E-state index contributed by atoms with van der Waals surface area (Å²) in [6.07, 6.45) is 3.19. The minimum absolute atomic E-state index is 0.139. The molecule has 0 radical (unpaired) electrons. The van der Waals surface area contributed by atoms with E-state index in [1.807, 2.05) is 30.3 Å². The third-order valence-electron chi connectivity index (χ3n) is 2.87. The van der Waals surface area contributed by atoms with Gasteiger partial charge in [-0.15, -0.1) is 0 Å². The molecule has 0 aliphatic heterocycles. The predicted molar refractivity (Wildman–Crippen MR) is 62.3 cm³/mol. The zero-order valence-corrected chi connectivity index (χ0v) is 9.36. The van der Waals surface area contributed by atoms with Crippen LogP contribution in [0.25, 0.3) is 0 Å². The predicted octanol–water partition coefficient (Wildman–Crippen LogP) is 1.14. The van der Waals surface area contributed by atoms with Crippen molar-refractivity contribution >= 4 is 5.91 Å². The molecule has 2 atom stereocenters. The first-order valence-electron chi connectivity index (χ1n) is 5.58. The van der Waals surface area contributed by atoms with E-state index in [1.165, 1.54) is 0 Å². The molecule has 0 heterocycles. The van der Waals surface area contributed by atoms with Crippen LogP contribution in [0.5, 0.6) is 0 Å². The average molecular weight is 233 g/mol. The molecule has 2 N–H and O–H groups in total. The Labute approximate surface area is 99.8 Å². The van der Waals surface area contributed by atoms with Crippen molar-refractivity contribution < 1.29 is 15.1 Å². The lowest BCUT2D eigenvalue weighted by Gasteiger charge is -2.24. The monoisotopic (exact) mass is 233 g/mol. The summed E-state index contributed by atoms with van der Waals surface area (Å²) in [7, 11) is 0. The van der Waals surface area contributed by atoms with Gasteiger partial charge in [-0.05, 0) is 12.0 Å². The van der Waals surface area contributed by atoms with Crippen LogP contribution in [0.1, 0.15) is 12.0 Å². The summed E-state index contributed by atoms with van der Waals surface area (Å²) in [6, 6.07) is 8.66. The summed E-state index contributed by atoms with van der Waals surface area (Å²) in [5.74, 6) is -0.399. The van der Waals surface area contributed by atoms with E-state index in [2.05, 4.69) is 0 Å². The number of carbonyl (C=O) groups is 1. The second-order valence-corrected chi connectivity index (χ2v) is 4.12. The van der Waals surface area contributed by atoms with E-state index >= 15 is 0 Å². The minimum Gasteiger partial charge on any atom is -0.387 e. The fourth-order valence-electron chi connectivity index (χ4n) is 1.91. The number of hydrogen-bond donors (Lipinski definition) is 2. The third kappa shape index (κ3) is 2.72. The molecule has 0 bridgehead atoms. The van der Waals surface area contributed by atoms with Gasteiger partial charge in [0.15, 0.2) is 0 Å². The van der Waals surface area contributed by atoms with Gasteiger partial charge in [-0.3, -0.25) is 10.0 Å². The van der Waals surface area contributed by atoms with E-state index in [0.29, 0.717) is 11.5 Å². The van der Waals surface area contributed by atoms with Crippen LogP contribution in [-0.2, 0) is 11.2 Å². The summed E-state index contributed by atoms with van der Waals surface area (Å²) < 4.78 is 0. The quantitative estimate of drug-likeness (QED) is 0.467. The molecule has 4 nitrogen and oxygen atoms in total. The van der Waals surface area contributed by atoms with E-state index in [0.717, 1.165) is 5.56 Å². The van der Waals surface area contributed by atoms with Crippen molar-refractivity contribution in [3.05, 3.63) is 48.0 Å². The van der Waals surface area contributed by atoms with Gasteiger partial charge >= 0.3 is 0 Å². The molecule has 0 spiro atoms. The number of aliphatic hydroxyl groups is 1. The molecule has 0 aromatic heterocycles. The summed E-state index contributed by atoms with van der Waals surface area (Å²) in [6.45, 7) is 0. The highest BCUT2D eigenvalue weighted by Crippen LogP contribution is 2.17. The van der Waals surface area contributed by atoms with E-state index in [-0.39, 0.29) is 6.42 Å². The largest absolute Gasteiger partial charge is 0.387 e. The van der Waals surface area contributed by atoms with Crippen molar-refractivity contribution in [1.82, 2.24) is 5.06 Å². The van der Waals surface area contributed by atoms with Gasteiger partial charge in [-0.25, -0.2) is 5.06 Å². The molecule has 1 aliphatic rings. The van der Waals surface area contributed by atoms with Crippen LogP contribution in [0.3, 0.4) is 0 Å². The molecule has 2 rings (SSSR count). The molecular weight excluding hydrogens is 218 g/mol. The smallest absolute Gasteiger partial charge is 0.250 e. The maximum Gasteiger partial charge on any atom is 0.250 e. The summed E-state index contributed by atoms with van der Waals surface area (Å²) in [5, 5.41) is 19.9. The third-order valence-corrected chi connectivity index (χ3v) is 2.87. The van der Waals surface area contributed by atoms with Crippen molar-refractivity contribution in [3.8, 4) is 0 Å². The van der Waals surface area contributed by atoms with Crippen molar-refractivity contribution in [2.45, 2.75) is 25.0 Å². The van der Waals surface area contributed by atoms with E-state index in [9.17, 15) is 15.1 Å². The Morgan fingerprint density at radius 3 is 2.65 bits per heavy atom. The number of benzene rings is 1. The van der Waals surface area contributed by atoms with Crippen LogP contribution in [0.15, 0.2) is 42.5 Å². The molecular formula is C13H15NO3. The molecule has 1 aliphatic carbocycles.